The minimum atomic E-state index is -0.0924. The molecule has 27 heavy (non-hydrogen) atoms. The maximum atomic E-state index is 12.5. The van der Waals surface area contributed by atoms with Crippen molar-refractivity contribution in [3.63, 3.8) is 0 Å². The number of nitrogens with one attached hydrogen (secondary N) is 1. The Labute approximate surface area is 161 Å². The van der Waals surface area contributed by atoms with E-state index in [4.69, 9.17) is 0 Å². The van der Waals surface area contributed by atoms with E-state index in [1.807, 2.05) is 64.7 Å². The van der Waals surface area contributed by atoms with Gasteiger partial charge in [-0.1, -0.05) is 24.3 Å². The lowest BCUT2D eigenvalue weighted by atomic mass is 10.1. The number of nitrogens with zero attached hydrogens (tertiary/aromatic N) is 3. The summed E-state index contributed by atoms with van der Waals surface area (Å²) < 4.78 is 1.99. The third-order valence-electron chi connectivity index (χ3n) is 4.23. The molecule has 0 spiro atoms. The first-order chi connectivity index (χ1) is 13.3. The Morgan fingerprint density at radius 2 is 1.96 bits per heavy atom. The predicted octanol–water partition coefficient (Wildman–Crippen LogP) is 3.98. The Bertz CT molecular complexity index is 1010. The first-order valence-electron chi connectivity index (χ1n) is 8.60. The maximum absolute atomic E-state index is 12.5. The standard InChI is InChI=1S/C21H18N4OS/c26-21(17-7-5-16(6-8-17)14-25-11-10-22-15-25)24-13-18-3-1-9-23-20(18)19-4-2-12-27-19/h1-12,15H,13-14H2,(H,24,26). The van der Waals surface area contributed by atoms with Crippen LogP contribution in [-0.2, 0) is 13.1 Å². The Morgan fingerprint density at radius 1 is 1.07 bits per heavy atom. The predicted molar refractivity (Wildman–Crippen MR) is 106 cm³/mol. The van der Waals surface area contributed by atoms with Crippen molar-refractivity contribution in [1.29, 1.82) is 0 Å². The van der Waals surface area contributed by atoms with E-state index < -0.39 is 0 Å². The topological polar surface area (TPSA) is 59.8 Å². The summed E-state index contributed by atoms with van der Waals surface area (Å²) in [6.45, 7) is 1.18. The van der Waals surface area contributed by atoms with Gasteiger partial charge in [0, 0.05) is 37.2 Å². The van der Waals surface area contributed by atoms with Crippen LogP contribution in [0.1, 0.15) is 21.5 Å². The van der Waals surface area contributed by atoms with Gasteiger partial charge in [-0.05, 0) is 40.8 Å². The first-order valence-corrected chi connectivity index (χ1v) is 9.48. The van der Waals surface area contributed by atoms with Crippen LogP contribution in [0.2, 0.25) is 0 Å². The van der Waals surface area contributed by atoms with Crippen LogP contribution in [0.5, 0.6) is 0 Å². The fraction of sp³-hybridized carbons (Fsp3) is 0.0952. The van der Waals surface area contributed by atoms with Crippen molar-refractivity contribution in [3.05, 3.63) is 95.5 Å². The van der Waals surface area contributed by atoms with Gasteiger partial charge in [0.1, 0.15) is 0 Å². The summed E-state index contributed by atoms with van der Waals surface area (Å²) in [7, 11) is 0. The number of hydrogen-bond acceptors (Lipinski definition) is 4. The Balaban J connectivity index is 1.41. The van der Waals surface area contributed by atoms with E-state index in [9.17, 15) is 4.79 Å². The summed E-state index contributed by atoms with van der Waals surface area (Å²) in [5.74, 6) is -0.0924. The fourth-order valence-corrected chi connectivity index (χ4v) is 3.60. The second-order valence-corrected chi connectivity index (χ2v) is 7.05. The van der Waals surface area contributed by atoms with Gasteiger partial charge in [0.2, 0.25) is 0 Å². The molecule has 3 heterocycles. The summed E-state index contributed by atoms with van der Waals surface area (Å²) >= 11 is 1.64. The van der Waals surface area contributed by atoms with Gasteiger partial charge < -0.3 is 9.88 Å². The second-order valence-electron chi connectivity index (χ2n) is 6.10. The van der Waals surface area contributed by atoms with Crippen LogP contribution in [0.4, 0.5) is 0 Å². The van der Waals surface area contributed by atoms with Crippen LogP contribution < -0.4 is 5.32 Å². The van der Waals surface area contributed by atoms with Crippen molar-refractivity contribution in [1.82, 2.24) is 19.9 Å². The van der Waals surface area contributed by atoms with Crippen molar-refractivity contribution >= 4 is 17.2 Å². The highest BCUT2D eigenvalue weighted by molar-refractivity contribution is 7.13. The molecule has 6 heteroatoms. The monoisotopic (exact) mass is 374 g/mol. The quantitative estimate of drug-likeness (QED) is 0.555. The molecule has 134 valence electrons. The summed E-state index contributed by atoms with van der Waals surface area (Å²) in [5, 5.41) is 5.02. The zero-order valence-corrected chi connectivity index (χ0v) is 15.4. The molecule has 0 aliphatic rings. The summed E-state index contributed by atoms with van der Waals surface area (Å²) in [6, 6.07) is 15.6. The highest BCUT2D eigenvalue weighted by Gasteiger charge is 2.10. The molecule has 0 atom stereocenters. The number of aromatic nitrogens is 3. The highest BCUT2D eigenvalue weighted by Crippen LogP contribution is 2.25. The molecular weight excluding hydrogens is 356 g/mol. The van der Waals surface area contributed by atoms with Gasteiger partial charge in [-0.3, -0.25) is 9.78 Å². The van der Waals surface area contributed by atoms with Gasteiger partial charge in [0.25, 0.3) is 5.91 Å². The lowest BCUT2D eigenvalue weighted by molar-refractivity contribution is 0.0951. The lowest BCUT2D eigenvalue weighted by Crippen LogP contribution is -2.23. The van der Waals surface area contributed by atoms with Gasteiger partial charge in [0.05, 0.1) is 16.9 Å². The van der Waals surface area contributed by atoms with E-state index in [1.165, 1.54) is 0 Å². The van der Waals surface area contributed by atoms with Crippen LogP contribution in [0.3, 0.4) is 0 Å². The number of imidazole rings is 1. The molecule has 4 aromatic rings. The van der Waals surface area contributed by atoms with Gasteiger partial charge in [-0.2, -0.15) is 0 Å². The van der Waals surface area contributed by atoms with Crippen LogP contribution >= 0.6 is 11.3 Å². The van der Waals surface area contributed by atoms with Crippen LogP contribution in [-0.4, -0.2) is 20.4 Å². The average Bonchev–Trinajstić information content (AvgIpc) is 3.41. The number of hydrogen-bond donors (Lipinski definition) is 1. The molecule has 0 saturated carbocycles. The van der Waals surface area contributed by atoms with E-state index in [0.717, 1.165) is 28.2 Å². The molecule has 1 N–H and O–H groups in total. The first kappa shape index (κ1) is 17.2. The zero-order chi connectivity index (χ0) is 18.5. The average molecular weight is 374 g/mol. The van der Waals surface area contributed by atoms with Gasteiger partial charge in [0.15, 0.2) is 0 Å². The molecule has 4 rings (SSSR count). The molecule has 0 radical (unpaired) electrons. The Morgan fingerprint density at radius 3 is 2.70 bits per heavy atom. The molecule has 1 amide bonds. The lowest BCUT2D eigenvalue weighted by Gasteiger charge is -2.09. The van der Waals surface area contributed by atoms with Crippen LogP contribution in [0.25, 0.3) is 10.6 Å². The third kappa shape index (κ3) is 4.12. The SMILES string of the molecule is O=C(NCc1cccnc1-c1cccs1)c1ccc(Cn2ccnc2)cc1. The fourth-order valence-electron chi connectivity index (χ4n) is 2.85. The number of rotatable bonds is 6. The Hall–Kier alpha value is -3.25. The summed E-state index contributed by atoms with van der Waals surface area (Å²) in [5.41, 5.74) is 3.69. The highest BCUT2D eigenvalue weighted by atomic mass is 32.1. The summed E-state index contributed by atoms with van der Waals surface area (Å²) in [4.78, 5) is 22.1. The van der Waals surface area contributed by atoms with Crippen molar-refractivity contribution in [2.45, 2.75) is 13.1 Å². The molecule has 0 aliphatic carbocycles. The number of amides is 1. The molecule has 0 aliphatic heterocycles. The zero-order valence-electron chi connectivity index (χ0n) is 14.6. The minimum Gasteiger partial charge on any atom is -0.348 e. The number of benzene rings is 1. The van der Waals surface area contributed by atoms with Gasteiger partial charge in [-0.15, -0.1) is 11.3 Å². The number of pyridine rings is 1. The molecule has 5 nitrogen and oxygen atoms in total. The van der Waals surface area contributed by atoms with E-state index in [1.54, 1.807) is 30.1 Å². The van der Waals surface area contributed by atoms with E-state index in [2.05, 4.69) is 15.3 Å². The molecule has 0 saturated heterocycles. The maximum Gasteiger partial charge on any atom is 0.251 e. The minimum absolute atomic E-state index is 0.0924. The molecule has 3 aromatic heterocycles. The molecule has 0 unspecified atom stereocenters. The number of thiophene rings is 1. The number of carbonyl (C=O) groups excluding carboxylic acids is 1. The largest absolute Gasteiger partial charge is 0.348 e. The van der Waals surface area contributed by atoms with Crippen molar-refractivity contribution in [2.24, 2.45) is 0 Å². The smallest absolute Gasteiger partial charge is 0.251 e. The molecule has 1 aromatic carbocycles. The van der Waals surface area contributed by atoms with Crippen LogP contribution in [0.15, 0.2) is 78.8 Å². The summed E-state index contributed by atoms with van der Waals surface area (Å²) in [6.07, 6.45) is 7.23. The van der Waals surface area contributed by atoms with Crippen LogP contribution in [0, 0.1) is 0 Å². The van der Waals surface area contributed by atoms with Crippen molar-refractivity contribution in [3.8, 4) is 10.6 Å². The van der Waals surface area contributed by atoms with Gasteiger partial charge >= 0.3 is 0 Å². The second kappa shape index (κ2) is 7.97. The van der Waals surface area contributed by atoms with Crippen molar-refractivity contribution < 1.29 is 4.79 Å². The molecule has 0 bridgehead atoms. The Kier molecular flexibility index (Phi) is 5.07. The molecular formula is C21H18N4OS. The van der Waals surface area contributed by atoms with E-state index in [0.29, 0.717) is 12.1 Å². The third-order valence-corrected chi connectivity index (χ3v) is 5.10. The van der Waals surface area contributed by atoms with Gasteiger partial charge in [-0.25, -0.2) is 4.98 Å². The van der Waals surface area contributed by atoms with E-state index >= 15 is 0 Å². The molecule has 0 fully saturated rings. The van der Waals surface area contributed by atoms with E-state index in [-0.39, 0.29) is 5.91 Å². The normalized spacial score (nSPS) is 10.7. The van der Waals surface area contributed by atoms with Crippen molar-refractivity contribution in [2.75, 3.05) is 0 Å². The number of carbonyl (C=O) groups is 1.